The molecule has 2 aromatic rings. The molecule has 0 saturated carbocycles. The molecule has 6 nitrogen and oxygen atoms in total. The van der Waals surface area contributed by atoms with Crippen molar-refractivity contribution < 1.29 is 19.7 Å². The normalized spacial score (nSPS) is 10.8. The fourth-order valence-corrected chi connectivity index (χ4v) is 1.77. The lowest BCUT2D eigenvalue weighted by atomic mass is 10.3. The summed E-state index contributed by atoms with van der Waals surface area (Å²) in [4.78, 5) is 15.2. The van der Waals surface area contributed by atoms with Crippen LogP contribution in [0.15, 0.2) is 30.5 Å². The molecule has 1 aromatic carbocycles. The van der Waals surface area contributed by atoms with Crippen LogP contribution in [-0.2, 0) is 6.61 Å². The van der Waals surface area contributed by atoms with E-state index in [0.717, 1.165) is 0 Å². The molecule has 1 aromatic heterocycles. The van der Waals surface area contributed by atoms with Crippen LogP contribution >= 0.6 is 0 Å². The summed E-state index contributed by atoms with van der Waals surface area (Å²) in [6, 6.07) is 6.31. The Morgan fingerprint density at radius 3 is 2.50 bits per heavy atom. The molecule has 0 aliphatic rings. The van der Waals surface area contributed by atoms with E-state index >= 15 is 0 Å². The van der Waals surface area contributed by atoms with E-state index in [1.54, 1.807) is 22.9 Å². The van der Waals surface area contributed by atoms with E-state index in [9.17, 15) is 4.79 Å². The van der Waals surface area contributed by atoms with Gasteiger partial charge in [-0.3, -0.25) is 0 Å². The first-order chi connectivity index (χ1) is 9.47. The smallest absolute Gasteiger partial charge is 0.372 e. The molecule has 1 heterocycles. The Morgan fingerprint density at radius 1 is 1.35 bits per heavy atom. The van der Waals surface area contributed by atoms with Crippen LogP contribution in [0.1, 0.15) is 36.2 Å². The van der Waals surface area contributed by atoms with Crippen molar-refractivity contribution in [1.29, 1.82) is 0 Å². The van der Waals surface area contributed by atoms with Gasteiger partial charge in [-0.25, -0.2) is 9.78 Å². The SMILES string of the molecule is CC(C)n1cc(COc2ccc(O)cc2)nc1C(=O)O. The number of imidazole rings is 1. The standard InChI is InChI=1S/C14H16N2O4/c1-9(2)16-7-10(15-13(16)14(18)19)8-20-12-5-3-11(17)4-6-12/h3-7,9,17H,8H2,1-2H3,(H,18,19). The summed E-state index contributed by atoms with van der Waals surface area (Å²) < 4.78 is 7.09. The predicted octanol–water partition coefficient (Wildman–Crippen LogP) is 2.45. The zero-order valence-corrected chi connectivity index (χ0v) is 11.3. The second kappa shape index (κ2) is 5.64. The van der Waals surface area contributed by atoms with Gasteiger partial charge in [0.05, 0.1) is 5.69 Å². The number of hydrogen-bond donors (Lipinski definition) is 2. The van der Waals surface area contributed by atoms with Crippen molar-refractivity contribution in [1.82, 2.24) is 9.55 Å². The Morgan fingerprint density at radius 2 is 2.00 bits per heavy atom. The number of carboxylic acid groups (broad SMARTS) is 1. The molecular formula is C14H16N2O4. The highest BCUT2D eigenvalue weighted by molar-refractivity contribution is 5.83. The van der Waals surface area contributed by atoms with Gasteiger partial charge in [-0.05, 0) is 38.1 Å². The molecule has 0 atom stereocenters. The highest BCUT2D eigenvalue weighted by Crippen LogP contribution is 2.18. The minimum absolute atomic E-state index is 0.00399. The Bertz CT molecular complexity index is 602. The van der Waals surface area contributed by atoms with Gasteiger partial charge in [0.25, 0.3) is 0 Å². The van der Waals surface area contributed by atoms with E-state index in [1.165, 1.54) is 12.1 Å². The lowest BCUT2D eigenvalue weighted by Gasteiger charge is -2.07. The number of phenols is 1. The third kappa shape index (κ3) is 3.09. The van der Waals surface area contributed by atoms with Gasteiger partial charge in [-0.1, -0.05) is 0 Å². The molecule has 2 rings (SSSR count). The molecule has 0 aliphatic heterocycles. The first-order valence-electron chi connectivity index (χ1n) is 6.20. The number of nitrogens with zero attached hydrogens (tertiary/aromatic N) is 2. The maximum atomic E-state index is 11.1. The van der Waals surface area contributed by atoms with Crippen LogP contribution in [-0.4, -0.2) is 25.7 Å². The van der Waals surface area contributed by atoms with E-state index < -0.39 is 5.97 Å². The molecule has 6 heteroatoms. The van der Waals surface area contributed by atoms with Crippen molar-refractivity contribution in [3.8, 4) is 11.5 Å². The average Bonchev–Trinajstić information content (AvgIpc) is 2.83. The first kappa shape index (κ1) is 13.9. The van der Waals surface area contributed by atoms with Crippen LogP contribution in [0.5, 0.6) is 11.5 Å². The second-order valence-corrected chi connectivity index (χ2v) is 4.64. The number of aromatic carboxylic acids is 1. The van der Waals surface area contributed by atoms with Crippen molar-refractivity contribution in [2.45, 2.75) is 26.5 Å². The van der Waals surface area contributed by atoms with E-state index in [1.807, 2.05) is 13.8 Å². The van der Waals surface area contributed by atoms with Gasteiger partial charge in [0, 0.05) is 12.2 Å². The molecule has 0 amide bonds. The van der Waals surface area contributed by atoms with Crippen molar-refractivity contribution in [3.05, 3.63) is 42.0 Å². The fraction of sp³-hybridized carbons (Fsp3) is 0.286. The number of aromatic hydroxyl groups is 1. The van der Waals surface area contributed by atoms with Crippen molar-refractivity contribution >= 4 is 5.97 Å². The number of phenolic OH excluding ortho intramolecular Hbond substituents is 1. The summed E-state index contributed by atoms with van der Waals surface area (Å²) in [6.45, 7) is 3.95. The number of hydrogen-bond acceptors (Lipinski definition) is 4. The largest absolute Gasteiger partial charge is 0.508 e. The maximum absolute atomic E-state index is 11.1. The lowest BCUT2D eigenvalue weighted by Crippen LogP contribution is -2.10. The molecule has 0 bridgehead atoms. The summed E-state index contributed by atoms with van der Waals surface area (Å²) in [5, 5.41) is 18.3. The Hall–Kier alpha value is -2.50. The summed E-state index contributed by atoms with van der Waals surface area (Å²) in [5.74, 6) is -0.313. The van der Waals surface area contributed by atoms with Crippen LogP contribution < -0.4 is 4.74 Å². The van der Waals surface area contributed by atoms with Gasteiger partial charge in [0.1, 0.15) is 18.1 Å². The second-order valence-electron chi connectivity index (χ2n) is 4.64. The Kier molecular flexibility index (Phi) is 3.93. The summed E-state index contributed by atoms with van der Waals surface area (Å²) >= 11 is 0. The van der Waals surface area contributed by atoms with Crippen molar-refractivity contribution in [2.24, 2.45) is 0 Å². The lowest BCUT2D eigenvalue weighted by molar-refractivity contribution is 0.0676. The van der Waals surface area contributed by atoms with E-state index in [2.05, 4.69) is 4.98 Å². The highest BCUT2D eigenvalue weighted by Gasteiger charge is 2.16. The van der Waals surface area contributed by atoms with Gasteiger partial charge < -0.3 is 19.5 Å². The van der Waals surface area contributed by atoms with E-state index in [-0.39, 0.29) is 24.2 Å². The molecule has 20 heavy (non-hydrogen) atoms. The van der Waals surface area contributed by atoms with Gasteiger partial charge in [0.2, 0.25) is 5.82 Å². The number of benzene rings is 1. The zero-order chi connectivity index (χ0) is 14.7. The quantitative estimate of drug-likeness (QED) is 0.876. The number of carbonyl (C=O) groups is 1. The van der Waals surface area contributed by atoms with Gasteiger partial charge in [-0.2, -0.15) is 0 Å². The molecule has 0 unspecified atom stereocenters. The molecule has 0 aliphatic carbocycles. The number of aromatic nitrogens is 2. The van der Waals surface area contributed by atoms with Crippen LogP contribution in [0.4, 0.5) is 0 Å². The van der Waals surface area contributed by atoms with Crippen LogP contribution in [0, 0.1) is 0 Å². The Balaban J connectivity index is 2.12. The van der Waals surface area contributed by atoms with Gasteiger partial charge in [0.15, 0.2) is 0 Å². The van der Waals surface area contributed by atoms with Gasteiger partial charge in [-0.15, -0.1) is 0 Å². The summed E-state index contributed by atoms with van der Waals surface area (Å²) in [6.07, 6.45) is 1.68. The monoisotopic (exact) mass is 276 g/mol. The summed E-state index contributed by atoms with van der Waals surface area (Å²) in [7, 11) is 0. The molecule has 0 radical (unpaired) electrons. The van der Waals surface area contributed by atoms with Crippen LogP contribution in [0.25, 0.3) is 0 Å². The number of rotatable bonds is 5. The Labute approximate surface area is 116 Å². The average molecular weight is 276 g/mol. The molecule has 106 valence electrons. The van der Waals surface area contributed by atoms with Crippen LogP contribution in [0.3, 0.4) is 0 Å². The van der Waals surface area contributed by atoms with Crippen LogP contribution in [0.2, 0.25) is 0 Å². The minimum atomic E-state index is -1.06. The molecule has 2 N–H and O–H groups in total. The van der Waals surface area contributed by atoms with E-state index in [0.29, 0.717) is 11.4 Å². The zero-order valence-electron chi connectivity index (χ0n) is 11.3. The predicted molar refractivity (Wildman–Crippen MR) is 72.0 cm³/mol. The maximum Gasteiger partial charge on any atom is 0.372 e. The summed E-state index contributed by atoms with van der Waals surface area (Å²) in [5.41, 5.74) is 0.546. The number of carboxylic acids is 1. The third-order valence-corrected chi connectivity index (χ3v) is 2.75. The van der Waals surface area contributed by atoms with Gasteiger partial charge >= 0.3 is 5.97 Å². The highest BCUT2D eigenvalue weighted by atomic mass is 16.5. The minimum Gasteiger partial charge on any atom is -0.508 e. The van der Waals surface area contributed by atoms with E-state index in [4.69, 9.17) is 14.9 Å². The van der Waals surface area contributed by atoms with Crippen molar-refractivity contribution in [3.63, 3.8) is 0 Å². The topological polar surface area (TPSA) is 84.6 Å². The first-order valence-corrected chi connectivity index (χ1v) is 6.20. The third-order valence-electron chi connectivity index (χ3n) is 2.75. The fourth-order valence-electron chi connectivity index (χ4n) is 1.77. The molecule has 0 spiro atoms. The molecular weight excluding hydrogens is 260 g/mol. The van der Waals surface area contributed by atoms with Crippen molar-refractivity contribution in [2.75, 3.05) is 0 Å². The molecule has 0 saturated heterocycles. The molecule has 0 fully saturated rings. The number of ether oxygens (including phenoxy) is 1.